The number of nitrogens with zero attached hydrogens (tertiary/aromatic N) is 1. The predicted octanol–water partition coefficient (Wildman–Crippen LogP) is 5.74. The molecule has 1 heteroatoms. The van der Waals surface area contributed by atoms with Gasteiger partial charge in [-0.15, -0.1) is 0 Å². The molecule has 0 aromatic rings. The zero-order valence-electron chi connectivity index (χ0n) is 14.6. The highest BCUT2D eigenvalue weighted by Crippen LogP contribution is 2.27. The lowest BCUT2D eigenvalue weighted by molar-refractivity contribution is 0.285. The van der Waals surface area contributed by atoms with Gasteiger partial charge < -0.3 is 4.90 Å². The second-order valence-electron chi connectivity index (χ2n) is 7.25. The number of hydrogen-bond acceptors (Lipinski definition) is 1. The molecule has 116 valence electrons. The summed E-state index contributed by atoms with van der Waals surface area (Å²) in [5.74, 6) is 0.965. The van der Waals surface area contributed by atoms with Gasteiger partial charge in [0.05, 0.1) is 0 Å². The van der Waals surface area contributed by atoms with Crippen molar-refractivity contribution in [2.45, 2.75) is 86.5 Å². The molecule has 0 heterocycles. The van der Waals surface area contributed by atoms with E-state index in [0.29, 0.717) is 5.41 Å². The fourth-order valence-electron chi connectivity index (χ4n) is 2.67. The lowest BCUT2D eigenvalue weighted by Gasteiger charge is -2.22. The van der Waals surface area contributed by atoms with E-state index in [2.05, 4.69) is 46.4 Å². The Morgan fingerprint density at radius 3 is 1.95 bits per heavy atom. The Labute approximate surface area is 123 Å². The summed E-state index contributed by atoms with van der Waals surface area (Å²) in [6.07, 6.45) is 9.86. The van der Waals surface area contributed by atoms with E-state index in [1.807, 2.05) is 0 Å². The Bertz CT molecular complexity index is 188. The van der Waals surface area contributed by atoms with Crippen LogP contribution >= 0.6 is 0 Å². The summed E-state index contributed by atoms with van der Waals surface area (Å²) in [6, 6.07) is 0. The second kappa shape index (κ2) is 10.7. The topological polar surface area (TPSA) is 3.24 Å². The molecule has 0 amide bonds. The summed E-state index contributed by atoms with van der Waals surface area (Å²) in [5.41, 5.74) is 0.510. The zero-order chi connectivity index (χ0) is 14.7. The van der Waals surface area contributed by atoms with Gasteiger partial charge in [0.25, 0.3) is 0 Å². The van der Waals surface area contributed by atoms with E-state index in [1.165, 1.54) is 64.6 Å². The van der Waals surface area contributed by atoms with Crippen LogP contribution in [0.2, 0.25) is 0 Å². The molecule has 0 aliphatic heterocycles. The third-order valence-electron chi connectivity index (χ3n) is 4.36. The van der Waals surface area contributed by atoms with Gasteiger partial charge in [0.2, 0.25) is 0 Å². The van der Waals surface area contributed by atoms with Gasteiger partial charge >= 0.3 is 0 Å². The molecule has 0 aromatic carbocycles. The fourth-order valence-corrected chi connectivity index (χ4v) is 2.67. The summed E-state index contributed by atoms with van der Waals surface area (Å²) in [6.45, 7) is 17.7. The second-order valence-corrected chi connectivity index (χ2v) is 7.25. The molecule has 0 unspecified atom stereocenters. The molecule has 0 saturated heterocycles. The number of hydrogen-bond donors (Lipinski definition) is 0. The summed E-state index contributed by atoms with van der Waals surface area (Å²) in [7, 11) is 0. The van der Waals surface area contributed by atoms with Crippen LogP contribution in [0.4, 0.5) is 0 Å². The lowest BCUT2D eigenvalue weighted by atomic mass is 9.84. The largest absolute Gasteiger partial charge is 0.304 e. The van der Waals surface area contributed by atoms with Crippen molar-refractivity contribution in [2.24, 2.45) is 11.3 Å². The van der Waals surface area contributed by atoms with Crippen LogP contribution < -0.4 is 0 Å². The van der Waals surface area contributed by atoms with E-state index in [0.717, 1.165) is 5.92 Å². The van der Waals surface area contributed by atoms with Gasteiger partial charge in [-0.1, -0.05) is 67.2 Å². The van der Waals surface area contributed by atoms with Gasteiger partial charge in [0.15, 0.2) is 0 Å². The van der Waals surface area contributed by atoms with Crippen molar-refractivity contribution < 1.29 is 0 Å². The molecule has 0 aliphatic rings. The van der Waals surface area contributed by atoms with Crippen LogP contribution in [0.3, 0.4) is 0 Å². The van der Waals surface area contributed by atoms with Crippen LogP contribution in [0.15, 0.2) is 0 Å². The van der Waals surface area contributed by atoms with Crippen molar-refractivity contribution in [1.82, 2.24) is 4.90 Å². The van der Waals surface area contributed by atoms with Crippen molar-refractivity contribution in [3.8, 4) is 0 Å². The summed E-state index contributed by atoms with van der Waals surface area (Å²) in [4.78, 5) is 2.54. The molecule has 0 spiro atoms. The Hall–Kier alpha value is -0.0400. The molecule has 0 N–H and O–H groups in total. The average molecular weight is 270 g/mol. The highest BCUT2D eigenvalue weighted by molar-refractivity contribution is 4.66. The zero-order valence-corrected chi connectivity index (χ0v) is 14.6. The quantitative estimate of drug-likeness (QED) is 0.432. The average Bonchev–Trinajstić information content (AvgIpc) is 2.36. The molecule has 0 radical (unpaired) electrons. The lowest BCUT2D eigenvalue weighted by Crippen LogP contribution is -2.23. The predicted molar refractivity (Wildman–Crippen MR) is 88.7 cm³/mol. The van der Waals surface area contributed by atoms with E-state index in [-0.39, 0.29) is 0 Å². The number of rotatable bonds is 11. The van der Waals surface area contributed by atoms with Gasteiger partial charge in [0.1, 0.15) is 0 Å². The molecule has 0 rings (SSSR count). The van der Waals surface area contributed by atoms with E-state index in [1.54, 1.807) is 0 Å². The minimum Gasteiger partial charge on any atom is -0.304 e. The van der Waals surface area contributed by atoms with E-state index in [9.17, 15) is 0 Å². The molecule has 0 fully saturated rings. The van der Waals surface area contributed by atoms with Crippen LogP contribution in [0.5, 0.6) is 0 Å². The maximum Gasteiger partial charge on any atom is -0.00190 e. The molecule has 0 aliphatic carbocycles. The summed E-state index contributed by atoms with van der Waals surface area (Å²) >= 11 is 0. The third kappa shape index (κ3) is 11.5. The minimum absolute atomic E-state index is 0.510. The van der Waals surface area contributed by atoms with Crippen molar-refractivity contribution in [3.05, 3.63) is 0 Å². The first kappa shape index (κ1) is 19.0. The third-order valence-corrected chi connectivity index (χ3v) is 4.36. The van der Waals surface area contributed by atoms with Crippen LogP contribution in [-0.4, -0.2) is 24.5 Å². The van der Waals surface area contributed by atoms with Gasteiger partial charge in [-0.2, -0.15) is 0 Å². The van der Waals surface area contributed by atoms with E-state index >= 15 is 0 Å². The van der Waals surface area contributed by atoms with Gasteiger partial charge in [-0.05, 0) is 50.2 Å². The first-order valence-electron chi connectivity index (χ1n) is 8.65. The Morgan fingerprint density at radius 1 is 0.842 bits per heavy atom. The highest BCUT2D eigenvalue weighted by atomic mass is 15.1. The molecular formula is C18H39N. The van der Waals surface area contributed by atoms with Gasteiger partial charge in [-0.3, -0.25) is 0 Å². The number of unbranched alkanes of at least 4 members (excludes halogenated alkanes) is 2. The first-order chi connectivity index (χ1) is 8.92. The molecule has 1 atom stereocenters. The molecule has 0 aromatic heterocycles. The molecular weight excluding hydrogens is 230 g/mol. The van der Waals surface area contributed by atoms with Gasteiger partial charge in [-0.25, -0.2) is 0 Å². The normalized spacial score (nSPS) is 14.1. The Kier molecular flexibility index (Phi) is 10.7. The molecule has 0 saturated carbocycles. The Balaban J connectivity index is 3.61. The van der Waals surface area contributed by atoms with E-state index < -0.39 is 0 Å². The monoisotopic (exact) mass is 269 g/mol. The maximum atomic E-state index is 2.54. The van der Waals surface area contributed by atoms with Crippen molar-refractivity contribution in [2.75, 3.05) is 19.6 Å². The minimum atomic E-state index is 0.510. The van der Waals surface area contributed by atoms with Crippen LogP contribution in [0.1, 0.15) is 86.5 Å². The Morgan fingerprint density at radius 2 is 1.47 bits per heavy atom. The maximum absolute atomic E-state index is 2.54. The molecule has 0 bridgehead atoms. The standard InChI is InChI=1S/C18H39N/c1-7-17(14-15-18(4,5)6)13-11-10-12-16-19(8-2)9-3/h17H,7-16H2,1-6H3/t17-/m0/s1. The van der Waals surface area contributed by atoms with Gasteiger partial charge in [0, 0.05) is 0 Å². The summed E-state index contributed by atoms with van der Waals surface area (Å²) < 4.78 is 0. The van der Waals surface area contributed by atoms with Crippen molar-refractivity contribution in [1.29, 1.82) is 0 Å². The van der Waals surface area contributed by atoms with Crippen molar-refractivity contribution in [3.63, 3.8) is 0 Å². The van der Waals surface area contributed by atoms with E-state index in [4.69, 9.17) is 0 Å². The van der Waals surface area contributed by atoms with Crippen LogP contribution in [0.25, 0.3) is 0 Å². The van der Waals surface area contributed by atoms with Crippen molar-refractivity contribution >= 4 is 0 Å². The van der Waals surface area contributed by atoms with Crippen LogP contribution in [0, 0.1) is 11.3 Å². The molecule has 1 nitrogen and oxygen atoms in total. The smallest absolute Gasteiger partial charge is 0.00190 e. The highest BCUT2D eigenvalue weighted by Gasteiger charge is 2.14. The van der Waals surface area contributed by atoms with Crippen LogP contribution in [-0.2, 0) is 0 Å². The SMILES string of the molecule is CC[C@@H](CCCCCN(CC)CC)CCC(C)(C)C. The fraction of sp³-hybridized carbons (Fsp3) is 1.00. The first-order valence-corrected chi connectivity index (χ1v) is 8.65. The molecule has 19 heavy (non-hydrogen) atoms. The summed E-state index contributed by atoms with van der Waals surface area (Å²) in [5, 5.41) is 0.